The van der Waals surface area contributed by atoms with Crippen molar-refractivity contribution >= 4 is 11.3 Å². The number of hydrogen-bond acceptors (Lipinski definition) is 3. The molecule has 0 bridgehead atoms. The number of aromatic nitrogens is 1. The maximum Gasteiger partial charge on any atom is 0.0934 e. The fourth-order valence-electron chi connectivity index (χ4n) is 3.53. The number of nitrogens with two attached hydrogens (primary N) is 1. The molecule has 1 aromatic heterocycles. The van der Waals surface area contributed by atoms with Gasteiger partial charge in [0.15, 0.2) is 0 Å². The zero-order chi connectivity index (χ0) is 16.2. The van der Waals surface area contributed by atoms with E-state index in [0.717, 1.165) is 25.8 Å². The Hall–Kier alpha value is -1.19. The van der Waals surface area contributed by atoms with E-state index in [-0.39, 0.29) is 0 Å². The van der Waals surface area contributed by atoms with E-state index >= 15 is 0 Å². The van der Waals surface area contributed by atoms with Gasteiger partial charge in [0.2, 0.25) is 0 Å². The van der Waals surface area contributed by atoms with Crippen molar-refractivity contribution in [2.45, 2.75) is 64.7 Å². The second-order valence-electron chi connectivity index (χ2n) is 6.62. The summed E-state index contributed by atoms with van der Waals surface area (Å²) in [6.45, 7) is 5.23. The lowest BCUT2D eigenvalue weighted by Crippen LogP contribution is -2.13. The first-order valence-electron chi connectivity index (χ1n) is 9.08. The second kappa shape index (κ2) is 7.59. The van der Waals surface area contributed by atoms with Crippen molar-refractivity contribution in [2.24, 2.45) is 5.73 Å². The molecule has 1 heterocycles. The van der Waals surface area contributed by atoms with Crippen LogP contribution in [0.2, 0.25) is 0 Å². The molecule has 2 aromatic rings. The summed E-state index contributed by atoms with van der Waals surface area (Å²) in [7, 11) is 0. The summed E-state index contributed by atoms with van der Waals surface area (Å²) in [5.41, 5.74) is 11.6. The number of aryl methyl sites for hydroxylation is 3. The first kappa shape index (κ1) is 16.7. The Morgan fingerprint density at radius 3 is 2.83 bits per heavy atom. The number of benzene rings is 1. The van der Waals surface area contributed by atoms with Crippen LogP contribution >= 0.6 is 11.3 Å². The van der Waals surface area contributed by atoms with E-state index in [9.17, 15) is 0 Å². The highest BCUT2D eigenvalue weighted by Gasteiger charge is 2.22. The third-order valence-electron chi connectivity index (χ3n) is 4.88. The molecule has 124 valence electrons. The third-order valence-corrected chi connectivity index (χ3v) is 6.07. The number of rotatable bonds is 7. The highest BCUT2D eigenvalue weighted by Crippen LogP contribution is 2.39. The quantitative estimate of drug-likeness (QED) is 0.768. The molecule has 1 aromatic carbocycles. The largest absolute Gasteiger partial charge is 0.330 e. The molecule has 0 amide bonds. The van der Waals surface area contributed by atoms with E-state index < -0.39 is 0 Å². The highest BCUT2D eigenvalue weighted by atomic mass is 32.1. The Bertz CT molecular complexity index is 660. The lowest BCUT2D eigenvalue weighted by Gasteiger charge is -2.20. The predicted octanol–water partition coefficient (Wildman–Crippen LogP) is 5.09. The summed E-state index contributed by atoms with van der Waals surface area (Å²) < 4.78 is 0. The van der Waals surface area contributed by atoms with Gasteiger partial charge in [0.05, 0.1) is 15.6 Å². The summed E-state index contributed by atoms with van der Waals surface area (Å²) >= 11 is 1.91. The van der Waals surface area contributed by atoms with Crippen LogP contribution in [0.3, 0.4) is 0 Å². The van der Waals surface area contributed by atoms with E-state index in [4.69, 9.17) is 10.7 Å². The maximum absolute atomic E-state index is 5.99. The van der Waals surface area contributed by atoms with Gasteiger partial charge >= 0.3 is 0 Å². The van der Waals surface area contributed by atoms with Gasteiger partial charge in [-0.05, 0) is 61.3 Å². The van der Waals surface area contributed by atoms with Crippen molar-refractivity contribution < 1.29 is 0 Å². The number of fused-ring (bicyclic) bond motifs is 3. The van der Waals surface area contributed by atoms with Crippen LogP contribution in [0.25, 0.3) is 10.4 Å². The molecule has 23 heavy (non-hydrogen) atoms. The van der Waals surface area contributed by atoms with Gasteiger partial charge in [-0.1, -0.05) is 44.9 Å². The summed E-state index contributed by atoms with van der Waals surface area (Å²) in [5, 5.41) is 1.32. The van der Waals surface area contributed by atoms with Gasteiger partial charge in [-0.25, -0.2) is 4.98 Å². The SMILES string of the molecule is CCCCc1nc2c(s1)-c1ccc(C(CN)CCC)cc1CC2. The minimum absolute atomic E-state index is 0.508. The van der Waals surface area contributed by atoms with Gasteiger partial charge in [-0.3, -0.25) is 0 Å². The molecule has 3 heteroatoms. The molecule has 2 nitrogen and oxygen atoms in total. The monoisotopic (exact) mass is 328 g/mol. The number of hydrogen-bond donors (Lipinski definition) is 1. The van der Waals surface area contributed by atoms with Crippen molar-refractivity contribution in [3.05, 3.63) is 40.0 Å². The first-order chi connectivity index (χ1) is 11.3. The van der Waals surface area contributed by atoms with Crippen molar-refractivity contribution in [1.82, 2.24) is 4.98 Å². The molecule has 0 saturated carbocycles. The summed E-state index contributed by atoms with van der Waals surface area (Å²) in [5.74, 6) is 0.508. The van der Waals surface area contributed by atoms with E-state index in [1.807, 2.05) is 11.3 Å². The van der Waals surface area contributed by atoms with Crippen LogP contribution in [0.15, 0.2) is 18.2 Å². The van der Waals surface area contributed by atoms with E-state index in [0.29, 0.717) is 5.92 Å². The Morgan fingerprint density at radius 2 is 2.09 bits per heavy atom. The first-order valence-corrected chi connectivity index (χ1v) is 9.90. The Labute approximate surface area is 144 Å². The Morgan fingerprint density at radius 1 is 1.22 bits per heavy atom. The lowest BCUT2D eigenvalue weighted by molar-refractivity contribution is 0.621. The molecular weight excluding hydrogens is 300 g/mol. The van der Waals surface area contributed by atoms with Gasteiger partial charge in [0, 0.05) is 0 Å². The van der Waals surface area contributed by atoms with Crippen molar-refractivity contribution in [3.8, 4) is 10.4 Å². The molecule has 0 spiro atoms. The fraction of sp³-hybridized carbons (Fsp3) is 0.550. The molecule has 1 aliphatic carbocycles. The average Bonchev–Trinajstić information content (AvgIpc) is 3.00. The van der Waals surface area contributed by atoms with Crippen LogP contribution in [-0.2, 0) is 19.3 Å². The van der Waals surface area contributed by atoms with Crippen LogP contribution < -0.4 is 5.73 Å². The fourth-order valence-corrected chi connectivity index (χ4v) is 4.75. The topological polar surface area (TPSA) is 38.9 Å². The van der Waals surface area contributed by atoms with E-state index in [2.05, 4.69) is 32.0 Å². The average molecular weight is 329 g/mol. The van der Waals surface area contributed by atoms with E-state index in [1.54, 1.807) is 0 Å². The summed E-state index contributed by atoms with van der Waals surface area (Å²) in [4.78, 5) is 6.31. The zero-order valence-electron chi connectivity index (χ0n) is 14.4. The van der Waals surface area contributed by atoms with Gasteiger partial charge in [0.25, 0.3) is 0 Å². The van der Waals surface area contributed by atoms with Crippen molar-refractivity contribution in [2.75, 3.05) is 6.54 Å². The molecule has 0 fully saturated rings. The van der Waals surface area contributed by atoms with Crippen LogP contribution in [0.1, 0.15) is 67.3 Å². The smallest absolute Gasteiger partial charge is 0.0934 e. The molecule has 0 radical (unpaired) electrons. The van der Waals surface area contributed by atoms with Gasteiger partial charge in [0.1, 0.15) is 0 Å². The molecule has 1 unspecified atom stereocenters. The molecule has 0 aliphatic heterocycles. The summed E-state index contributed by atoms with van der Waals surface area (Å²) in [6, 6.07) is 7.03. The maximum atomic E-state index is 5.99. The second-order valence-corrected chi connectivity index (χ2v) is 7.71. The van der Waals surface area contributed by atoms with Gasteiger partial charge in [-0.2, -0.15) is 0 Å². The normalized spacial score (nSPS) is 14.4. The van der Waals surface area contributed by atoms with Crippen LogP contribution in [0.5, 0.6) is 0 Å². The van der Waals surface area contributed by atoms with Crippen LogP contribution in [-0.4, -0.2) is 11.5 Å². The standard InChI is InChI=1S/C20H28N2S/c1-3-5-7-19-22-18-11-9-15-12-14(16(13-21)6-4-2)8-10-17(15)20(18)23-19/h8,10,12,16H,3-7,9,11,13,21H2,1-2H3. The minimum atomic E-state index is 0.508. The van der Waals surface area contributed by atoms with Gasteiger partial charge in [-0.15, -0.1) is 11.3 Å². The highest BCUT2D eigenvalue weighted by molar-refractivity contribution is 7.15. The Kier molecular flexibility index (Phi) is 5.50. The number of nitrogens with zero attached hydrogens (tertiary/aromatic N) is 1. The Balaban J connectivity index is 1.89. The zero-order valence-corrected chi connectivity index (χ0v) is 15.2. The third kappa shape index (κ3) is 3.51. The number of unbranched alkanes of at least 4 members (excludes halogenated alkanes) is 1. The molecule has 1 aliphatic rings. The molecule has 3 rings (SSSR count). The summed E-state index contributed by atoms with van der Waals surface area (Å²) in [6.07, 6.45) is 8.20. The van der Waals surface area contributed by atoms with Crippen LogP contribution in [0.4, 0.5) is 0 Å². The minimum Gasteiger partial charge on any atom is -0.330 e. The molecule has 1 atom stereocenters. The van der Waals surface area contributed by atoms with E-state index in [1.165, 1.54) is 58.0 Å². The molecular formula is C20H28N2S. The molecule has 2 N–H and O–H groups in total. The number of thiazole rings is 1. The van der Waals surface area contributed by atoms with Gasteiger partial charge < -0.3 is 5.73 Å². The van der Waals surface area contributed by atoms with Crippen molar-refractivity contribution in [3.63, 3.8) is 0 Å². The van der Waals surface area contributed by atoms with Crippen LogP contribution in [0, 0.1) is 0 Å². The van der Waals surface area contributed by atoms with Crippen molar-refractivity contribution in [1.29, 1.82) is 0 Å². The molecule has 0 saturated heterocycles. The predicted molar refractivity (Wildman–Crippen MR) is 100 cm³/mol. The lowest BCUT2D eigenvalue weighted by atomic mass is 9.87.